The van der Waals surface area contributed by atoms with Gasteiger partial charge < -0.3 is 14.2 Å². The van der Waals surface area contributed by atoms with Gasteiger partial charge in [-0.2, -0.15) is 0 Å². The molecule has 2 rings (SSSR count). The minimum Gasteiger partial charge on any atom is -0.465 e. The van der Waals surface area contributed by atoms with Crippen molar-refractivity contribution >= 4 is 5.97 Å². The van der Waals surface area contributed by atoms with E-state index in [1.165, 1.54) is 7.11 Å². The molecular formula is C13H16O4. The van der Waals surface area contributed by atoms with Gasteiger partial charge in [-0.1, -0.05) is 30.3 Å². The topological polar surface area (TPSA) is 44.8 Å². The van der Waals surface area contributed by atoms with Crippen LogP contribution in [0.3, 0.4) is 0 Å². The summed E-state index contributed by atoms with van der Waals surface area (Å²) in [6, 6.07) is 9.16. The van der Waals surface area contributed by atoms with E-state index < -0.39 is 11.8 Å². The lowest BCUT2D eigenvalue weighted by Crippen LogP contribution is -2.48. The summed E-state index contributed by atoms with van der Waals surface area (Å²) in [5.74, 6) is -1.93. The summed E-state index contributed by atoms with van der Waals surface area (Å²) in [5, 5.41) is 0. The van der Waals surface area contributed by atoms with Gasteiger partial charge in [0.25, 0.3) is 5.79 Å². The highest BCUT2D eigenvalue weighted by atomic mass is 16.7. The molecule has 17 heavy (non-hydrogen) atoms. The van der Waals surface area contributed by atoms with Gasteiger partial charge in [-0.05, 0) is 13.3 Å². The van der Waals surface area contributed by atoms with Crippen LogP contribution in [0.25, 0.3) is 0 Å². The lowest BCUT2D eigenvalue weighted by atomic mass is 10.0. The molecule has 0 spiro atoms. The van der Waals surface area contributed by atoms with E-state index >= 15 is 0 Å². The first-order valence-electron chi connectivity index (χ1n) is 5.65. The molecule has 0 N–H and O–H groups in total. The molecule has 0 radical (unpaired) electrons. The molecule has 0 saturated carbocycles. The van der Waals surface area contributed by atoms with Crippen LogP contribution in [0.2, 0.25) is 0 Å². The molecule has 1 aromatic rings. The average molecular weight is 236 g/mol. The standard InChI is InChI=1S/C13H16O4/c1-10-8-9-16-13(17-10,12(14)15-2)11-6-4-3-5-7-11/h3-7,10H,8-9H2,1-2H3/t10-,13-/m1/s1. The van der Waals surface area contributed by atoms with Crippen molar-refractivity contribution in [1.29, 1.82) is 0 Å². The van der Waals surface area contributed by atoms with Gasteiger partial charge in [-0.25, -0.2) is 4.79 Å². The zero-order valence-electron chi connectivity index (χ0n) is 10.0. The van der Waals surface area contributed by atoms with E-state index in [1.807, 2.05) is 25.1 Å². The Morgan fingerprint density at radius 3 is 2.71 bits per heavy atom. The van der Waals surface area contributed by atoms with Gasteiger partial charge in [0.05, 0.1) is 19.8 Å². The Hall–Kier alpha value is -1.39. The molecule has 0 bridgehead atoms. The molecule has 1 heterocycles. The molecule has 1 fully saturated rings. The summed E-state index contributed by atoms with van der Waals surface area (Å²) < 4.78 is 16.1. The summed E-state index contributed by atoms with van der Waals surface area (Å²) >= 11 is 0. The third kappa shape index (κ3) is 2.18. The Balaban J connectivity index is 2.40. The van der Waals surface area contributed by atoms with Crippen LogP contribution >= 0.6 is 0 Å². The predicted octanol–water partition coefficient (Wildman–Crippen LogP) is 1.84. The molecule has 1 aliphatic rings. The molecule has 1 aromatic carbocycles. The molecule has 1 aliphatic heterocycles. The van der Waals surface area contributed by atoms with Gasteiger partial charge in [-0.3, -0.25) is 0 Å². The van der Waals surface area contributed by atoms with Gasteiger partial charge in [0.2, 0.25) is 0 Å². The van der Waals surface area contributed by atoms with E-state index in [0.717, 1.165) is 6.42 Å². The SMILES string of the molecule is COC(=O)[C@]1(c2ccccc2)OCC[C@@H](C)O1. The first kappa shape index (κ1) is 12.1. The minimum absolute atomic E-state index is 0.0388. The average Bonchev–Trinajstić information content (AvgIpc) is 2.38. The Bertz CT molecular complexity index is 390. The van der Waals surface area contributed by atoms with E-state index in [-0.39, 0.29) is 6.10 Å². The first-order valence-corrected chi connectivity index (χ1v) is 5.65. The monoisotopic (exact) mass is 236 g/mol. The zero-order chi connectivity index (χ0) is 12.3. The maximum Gasteiger partial charge on any atom is 0.371 e. The number of ether oxygens (including phenoxy) is 3. The van der Waals surface area contributed by atoms with Crippen molar-refractivity contribution in [3.05, 3.63) is 35.9 Å². The van der Waals surface area contributed by atoms with Gasteiger partial charge in [0.1, 0.15) is 0 Å². The van der Waals surface area contributed by atoms with Gasteiger partial charge in [0.15, 0.2) is 0 Å². The van der Waals surface area contributed by atoms with E-state index in [9.17, 15) is 4.79 Å². The number of benzene rings is 1. The van der Waals surface area contributed by atoms with Crippen LogP contribution in [0.5, 0.6) is 0 Å². The van der Waals surface area contributed by atoms with Crippen LogP contribution < -0.4 is 0 Å². The van der Waals surface area contributed by atoms with Crippen LogP contribution in [0.1, 0.15) is 18.9 Å². The molecule has 0 amide bonds. The highest BCUT2D eigenvalue weighted by Crippen LogP contribution is 2.34. The summed E-state index contributed by atoms with van der Waals surface area (Å²) in [4.78, 5) is 12.0. The van der Waals surface area contributed by atoms with Crippen LogP contribution in [-0.4, -0.2) is 25.8 Å². The van der Waals surface area contributed by atoms with Gasteiger partial charge >= 0.3 is 5.97 Å². The van der Waals surface area contributed by atoms with Crippen molar-refractivity contribution in [2.45, 2.75) is 25.2 Å². The van der Waals surface area contributed by atoms with Crippen molar-refractivity contribution in [3.63, 3.8) is 0 Å². The lowest BCUT2D eigenvalue weighted by molar-refractivity contribution is -0.293. The second kappa shape index (κ2) is 4.85. The molecule has 0 aromatic heterocycles. The first-order chi connectivity index (χ1) is 8.19. The van der Waals surface area contributed by atoms with Crippen LogP contribution in [0.15, 0.2) is 30.3 Å². The maximum atomic E-state index is 12.0. The van der Waals surface area contributed by atoms with Crippen molar-refractivity contribution in [2.75, 3.05) is 13.7 Å². The number of esters is 1. The fourth-order valence-corrected chi connectivity index (χ4v) is 1.91. The number of hydrogen-bond acceptors (Lipinski definition) is 4. The third-order valence-corrected chi connectivity index (χ3v) is 2.80. The molecular weight excluding hydrogens is 220 g/mol. The Morgan fingerprint density at radius 1 is 1.41 bits per heavy atom. The molecule has 2 atom stereocenters. The number of carbonyl (C=O) groups is 1. The van der Waals surface area contributed by atoms with E-state index in [4.69, 9.17) is 14.2 Å². The number of carbonyl (C=O) groups excluding carboxylic acids is 1. The summed E-state index contributed by atoms with van der Waals surface area (Å²) in [6.45, 7) is 2.40. The van der Waals surface area contributed by atoms with Crippen molar-refractivity contribution in [1.82, 2.24) is 0 Å². The highest BCUT2D eigenvalue weighted by Gasteiger charge is 2.47. The third-order valence-electron chi connectivity index (χ3n) is 2.80. The fourth-order valence-electron chi connectivity index (χ4n) is 1.91. The zero-order valence-corrected chi connectivity index (χ0v) is 10.0. The van der Waals surface area contributed by atoms with Crippen molar-refractivity contribution < 1.29 is 19.0 Å². The number of methoxy groups -OCH3 is 1. The van der Waals surface area contributed by atoms with E-state index in [2.05, 4.69) is 0 Å². The minimum atomic E-state index is -1.41. The maximum absolute atomic E-state index is 12.0. The lowest BCUT2D eigenvalue weighted by Gasteiger charge is -2.37. The highest BCUT2D eigenvalue weighted by molar-refractivity contribution is 5.79. The second-order valence-electron chi connectivity index (χ2n) is 4.04. The van der Waals surface area contributed by atoms with Crippen LogP contribution in [-0.2, 0) is 24.8 Å². The smallest absolute Gasteiger partial charge is 0.371 e. The van der Waals surface area contributed by atoms with Crippen LogP contribution in [0.4, 0.5) is 0 Å². The van der Waals surface area contributed by atoms with Gasteiger partial charge in [0, 0.05) is 5.56 Å². The quantitative estimate of drug-likeness (QED) is 0.735. The van der Waals surface area contributed by atoms with Crippen molar-refractivity contribution in [3.8, 4) is 0 Å². The Labute approximate surface area is 100 Å². The molecule has 1 saturated heterocycles. The van der Waals surface area contributed by atoms with Gasteiger partial charge in [-0.15, -0.1) is 0 Å². The largest absolute Gasteiger partial charge is 0.465 e. The van der Waals surface area contributed by atoms with E-state index in [1.54, 1.807) is 12.1 Å². The predicted molar refractivity (Wildman–Crippen MR) is 61.3 cm³/mol. The molecule has 4 heteroatoms. The fraction of sp³-hybridized carbons (Fsp3) is 0.462. The van der Waals surface area contributed by atoms with Crippen LogP contribution in [0, 0.1) is 0 Å². The second-order valence-corrected chi connectivity index (χ2v) is 4.04. The Kier molecular flexibility index (Phi) is 3.45. The summed E-state index contributed by atoms with van der Waals surface area (Å²) in [6.07, 6.45) is 0.731. The summed E-state index contributed by atoms with van der Waals surface area (Å²) in [7, 11) is 1.33. The Morgan fingerprint density at radius 2 is 2.12 bits per heavy atom. The molecule has 0 aliphatic carbocycles. The van der Waals surface area contributed by atoms with E-state index in [0.29, 0.717) is 12.2 Å². The molecule has 0 unspecified atom stereocenters. The normalized spacial score (nSPS) is 28.7. The molecule has 92 valence electrons. The number of hydrogen-bond donors (Lipinski definition) is 0. The number of rotatable bonds is 2. The molecule has 4 nitrogen and oxygen atoms in total. The summed E-state index contributed by atoms with van der Waals surface area (Å²) in [5.41, 5.74) is 0.665. The van der Waals surface area contributed by atoms with Crippen molar-refractivity contribution in [2.24, 2.45) is 0 Å².